The van der Waals surface area contributed by atoms with Crippen LogP contribution in [0.5, 0.6) is 5.75 Å². The first kappa shape index (κ1) is 13.9. The van der Waals surface area contributed by atoms with Gasteiger partial charge in [0.05, 0.1) is 0 Å². The highest BCUT2D eigenvalue weighted by molar-refractivity contribution is 5.76. The molecule has 0 spiro atoms. The molecule has 0 aromatic heterocycles. The maximum atomic E-state index is 11.9. The first-order valence-corrected chi connectivity index (χ1v) is 7.02. The minimum absolute atomic E-state index is 0.0888. The number of nitrogens with one attached hydrogen (secondary N) is 1. The standard InChI is InChI=1S/C16H23NO2/c1-16(2)10-9-13(11-16)17-15(19)8-7-12-5-3-4-6-14(12)18/h3-6,13,18H,7-11H2,1-2H3,(H,17,19). The van der Waals surface area contributed by atoms with E-state index in [1.165, 1.54) is 6.42 Å². The summed E-state index contributed by atoms with van der Waals surface area (Å²) < 4.78 is 0. The van der Waals surface area contributed by atoms with Gasteiger partial charge < -0.3 is 10.4 Å². The summed E-state index contributed by atoms with van der Waals surface area (Å²) in [6.45, 7) is 4.50. The van der Waals surface area contributed by atoms with Crippen LogP contribution in [0, 0.1) is 5.41 Å². The first-order chi connectivity index (χ1) is 8.96. The van der Waals surface area contributed by atoms with Crippen LogP contribution >= 0.6 is 0 Å². The van der Waals surface area contributed by atoms with Gasteiger partial charge in [0.25, 0.3) is 0 Å². The Balaban J connectivity index is 1.78. The topological polar surface area (TPSA) is 49.3 Å². The highest BCUT2D eigenvalue weighted by Crippen LogP contribution is 2.36. The number of hydrogen-bond donors (Lipinski definition) is 2. The Hall–Kier alpha value is -1.51. The van der Waals surface area contributed by atoms with Crippen LogP contribution in [0.25, 0.3) is 0 Å². The van der Waals surface area contributed by atoms with Gasteiger partial charge in [-0.25, -0.2) is 0 Å². The van der Waals surface area contributed by atoms with Crippen molar-refractivity contribution in [3.8, 4) is 5.75 Å². The molecule has 1 aliphatic carbocycles. The van der Waals surface area contributed by atoms with E-state index in [0.29, 0.717) is 24.3 Å². The highest BCUT2D eigenvalue weighted by atomic mass is 16.3. The van der Waals surface area contributed by atoms with Gasteiger partial charge in [0.2, 0.25) is 5.91 Å². The molecular weight excluding hydrogens is 238 g/mol. The van der Waals surface area contributed by atoms with E-state index >= 15 is 0 Å². The van der Waals surface area contributed by atoms with Crippen LogP contribution in [0.3, 0.4) is 0 Å². The Bertz CT molecular complexity index is 454. The molecule has 1 aromatic rings. The molecule has 19 heavy (non-hydrogen) atoms. The maximum absolute atomic E-state index is 11.9. The molecule has 1 saturated carbocycles. The van der Waals surface area contributed by atoms with Gasteiger partial charge >= 0.3 is 0 Å². The summed E-state index contributed by atoms with van der Waals surface area (Å²) in [5.74, 6) is 0.364. The molecule has 104 valence electrons. The second-order valence-electron chi connectivity index (χ2n) is 6.30. The van der Waals surface area contributed by atoms with E-state index in [4.69, 9.17) is 0 Å². The summed E-state index contributed by atoms with van der Waals surface area (Å²) in [5.41, 5.74) is 1.19. The Morgan fingerprint density at radius 2 is 2.16 bits per heavy atom. The van der Waals surface area contributed by atoms with E-state index < -0.39 is 0 Å². The Morgan fingerprint density at radius 3 is 2.79 bits per heavy atom. The number of carbonyl (C=O) groups excluding carboxylic acids is 1. The van der Waals surface area contributed by atoms with Crippen molar-refractivity contribution in [3.63, 3.8) is 0 Å². The Labute approximate surface area is 115 Å². The summed E-state index contributed by atoms with van der Waals surface area (Å²) in [5, 5.41) is 12.7. The van der Waals surface area contributed by atoms with Crippen LogP contribution in [-0.2, 0) is 11.2 Å². The molecule has 3 nitrogen and oxygen atoms in total. The second kappa shape index (κ2) is 5.64. The van der Waals surface area contributed by atoms with Gasteiger partial charge in [0.1, 0.15) is 5.75 Å². The van der Waals surface area contributed by atoms with E-state index in [9.17, 15) is 9.90 Å². The number of hydrogen-bond acceptors (Lipinski definition) is 2. The SMILES string of the molecule is CC1(C)CCC(NC(=O)CCc2ccccc2O)C1. The smallest absolute Gasteiger partial charge is 0.220 e. The lowest BCUT2D eigenvalue weighted by Crippen LogP contribution is -2.33. The zero-order valence-corrected chi connectivity index (χ0v) is 11.8. The van der Waals surface area contributed by atoms with Gasteiger partial charge in [0.15, 0.2) is 0 Å². The average Bonchev–Trinajstić information content (AvgIpc) is 2.67. The Kier molecular flexibility index (Phi) is 4.13. The van der Waals surface area contributed by atoms with Gasteiger partial charge in [-0.15, -0.1) is 0 Å². The molecule has 0 heterocycles. The van der Waals surface area contributed by atoms with Crippen molar-refractivity contribution in [1.29, 1.82) is 0 Å². The van der Waals surface area contributed by atoms with Crippen molar-refractivity contribution in [2.24, 2.45) is 5.41 Å². The molecule has 1 aromatic carbocycles. The first-order valence-electron chi connectivity index (χ1n) is 7.02. The fraction of sp³-hybridized carbons (Fsp3) is 0.562. The van der Waals surface area contributed by atoms with E-state index in [1.807, 2.05) is 12.1 Å². The second-order valence-corrected chi connectivity index (χ2v) is 6.30. The lowest BCUT2D eigenvalue weighted by molar-refractivity contribution is -0.121. The van der Waals surface area contributed by atoms with Crippen LogP contribution in [0.1, 0.15) is 45.1 Å². The summed E-state index contributed by atoms with van der Waals surface area (Å²) >= 11 is 0. The van der Waals surface area contributed by atoms with Crippen LogP contribution < -0.4 is 5.32 Å². The molecule has 0 radical (unpaired) electrons. The fourth-order valence-electron chi connectivity index (χ4n) is 2.83. The minimum atomic E-state index is 0.0888. The van der Waals surface area contributed by atoms with Gasteiger partial charge in [-0.1, -0.05) is 32.0 Å². The number of amides is 1. The van der Waals surface area contributed by atoms with E-state index in [-0.39, 0.29) is 11.7 Å². The summed E-state index contributed by atoms with van der Waals surface area (Å²) in [7, 11) is 0. The van der Waals surface area contributed by atoms with Crippen molar-refractivity contribution in [2.75, 3.05) is 0 Å². The third-order valence-electron chi connectivity index (χ3n) is 3.95. The molecule has 1 fully saturated rings. The number of rotatable bonds is 4. The maximum Gasteiger partial charge on any atom is 0.220 e. The van der Waals surface area contributed by atoms with Crippen LogP contribution in [-0.4, -0.2) is 17.1 Å². The number of carbonyl (C=O) groups is 1. The Morgan fingerprint density at radius 1 is 1.42 bits per heavy atom. The van der Waals surface area contributed by atoms with Gasteiger partial charge in [-0.05, 0) is 42.7 Å². The van der Waals surface area contributed by atoms with Gasteiger partial charge in [-0.3, -0.25) is 4.79 Å². The molecule has 2 rings (SSSR count). The zero-order chi connectivity index (χ0) is 13.9. The number of aromatic hydroxyl groups is 1. The number of benzene rings is 1. The molecule has 0 saturated heterocycles. The number of para-hydroxylation sites is 1. The normalized spacial score (nSPS) is 21.3. The third-order valence-corrected chi connectivity index (χ3v) is 3.95. The van der Waals surface area contributed by atoms with Crippen molar-refractivity contribution < 1.29 is 9.90 Å². The largest absolute Gasteiger partial charge is 0.508 e. The predicted octanol–water partition coefficient (Wildman–Crippen LogP) is 3.02. The summed E-state index contributed by atoms with van der Waals surface area (Å²) in [4.78, 5) is 11.9. The molecule has 1 atom stereocenters. The molecule has 1 unspecified atom stereocenters. The summed E-state index contributed by atoms with van der Waals surface area (Å²) in [6.07, 6.45) is 4.35. The molecule has 1 aliphatic rings. The lowest BCUT2D eigenvalue weighted by Gasteiger charge is -2.17. The van der Waals surface area contributed by atoms with Crippen LogP contribution in [0.2, 0.25) is 0 Å². The molecule has 3 heteroatoms. The van der Waals surface area contributed by atoms with Crippen LogP contribution in [0.15, 0.2) is 24.3 Å². The quantitative estimate of drug-likeness (QED) is 0.875. The number of aryl methyl sites for hydroxylation is 1. The zero-order valence-electron chi connectivity index (χ0n) is 11.8. The fourth-order valence-corrected chi connectivity index (χ4v) is 2.83. The predicted molar refractivity (Wildman–Crippen MR) is 76.0 cm³/mol. The number of phenolic OH excluding ortho intramolecular Hbond substituents is 1. The van der Waals surface area contributed by atoms with E-state index in [1.54, 1.807) is 12.1 Å². The van der Waals surface area contributed by atoms with E-state index in [0.717, 1.165) is 18.4 Å². The molecule has 0 aliphatic heterocycles. The third kappa shape index (κ3) is 3.98. The van der Waals surface area contributed by atoms with Gasteiger partial charge in [-0.2, -0.15) is 0 Å². The molecule has 1 amide bonds. The minimum Gasteiger partial charge on any atom is -0.508 e. The molecular formula is C16H23NO2. The van der Waals surface area contributed by atoms with Crippen molar-refractivity contribution in [2.45, 2.75) is 52.0 Å². The van der Waals surface area contributed by atoms with E-state index in [2.05, 4.69) is 19.2 Å². The highest BCUT2D eigenvalue weighted by Gasteiger charge is 2.31. The van der Waals surface area contributed by atoms with Crippen molar-refractivity contribution in [3.05, 3.63) is 29.8 Å². The van der Waals surface area contributed by atoms with Crippen molar-refractivity contribution >= 4 is 5.91 Å². The average molecular weight is 261 g/mol. The van der Waals surface area contributed by atoms with Gasteiger partial charge in [0, 0.05) is 12.5 Å². The lowest BCUT2D eigenvalue weighted by atomic mass is 9.92. The monoisotopic (exact) mass is 261 g/mol. The molecule has 0 bridgehead atoms. The number of phenols is 1. The summed E-state index contributed by atoms with van der Waals surface area (Å²) in [6, 6.07) is 7.52. The van der Waals surface area contributed by atoms with Crippen molar-refractivity contribution in [1.82, 2.24) is 5.32 Å². The van der Waals surface area contributed by atoms with Crippen LogP contribution in [0.4, 0.5) is 0 Å². The molecule has 2 N–H and O–H groups in total.